The first-order chi connectivity index (χ1) is 8.75. The minimum atomic E-state index is 0.469. The van der Waals surface area contributed by atoms with Gasteiger partial charge in [0.1, 0.15) is 0 Å². The van der Waals surface area contributed by atoms with Gasteiger partial charge in [-0.1, -0.05) is 42.0 Å². The minimum absolute atomic E-state index is 0.469. The summed E-state index contributed by atoms with van der Waals surface area (Å²) in [4.78, 5) is 2.50. The predicted molar refractivity (Wildman–Crippen MR) is 77.1 cm³/mol. The molecule has 1 heteroatoms. The molecule has 92 valence electrons. The monoisotopic (exact) mass is 237 g/mol. The summed E-state index contributed by atoms with van der Waals surface area (Å²) in [5, 5.41) is 0. The molecule has 0 amide bonds. The Morgan fingerprint density at radius 2 is 1.83 bits per heavy atom. The predicted octanol–water partition coefficient (Wildman–Crippen LogP) is 4.12. The summed E-state index contributed by atoms with van der Waals surface area (Å²) in [5.74, 6) is 0. The van der Waals surface area contributed by atoms with Gasteiger partial charge in [-0.05, 0) is 43.5 Å². The Morgan fingerprint density at radius 1 is 1.06 bits per heavy atom. The highest BCUT2D eigenvalue weighted by Crippen LogP contribution is 2.33. The average molecular weight is 237 g/mol. The first kappa shape index (κ1) is 11.3. The van der Waals surface area contributed by atoms with Gasteiger partial charge in [0.2, 0.25) is 0 Å². The third-order valence-electron chi connectivity index (χ3n) is 3.93. The molecule has 18 heavy (non-hydrogen) atoms. The van der Waals surface area contributed by atoms with Gasteiger partial charge >= 0.3 is 0 Å². The minimum Gasteiger partial charge on any atom is -0.364 e. The number of rotatable bonds is 1. The third-order valence-corrected chi connectivity index (χ3v) is 3.93. The van der Waals surface area contributed by atoms with Crippen molar-refractivity contribution >= 4 is 5.69 Å². The number of fused-ring (bicyclic) bond motifs is 1. The van der Waals surface area contributed by atoms with E-state index in [-0.39, 0.29) is 0 Å². The Labute approximate surface area is 109 Å². The molecule has 0 aliphatic carbocycles. The van der Waals surface area contributed by atoms with E-state index in [1.807, 2.05) is 0 Å². The van der Waals surface area contributed by atoms with E-state index in [0.29, 0.717) is 6.04 Å². The number of aryl methyl sites for hydroxylation is 1. The zero-order valence-electron chi connectivity index (χ0n) is 11.1. The lowest BCUT2D eigenvalue weighted by molar-refractivity contribution is 0.624. The molecule has 0 radical (unpaired) electrons. The Balaban J connectivity index is 1.99. The van der Waals surface area contributed by atoms with Crippen molar-refractivity contribution in [3.8, 4) is 0 Å². The van der Waals surface area contributed by atoms with E-state index in [0.717, 1.165) is 13.0 Å². The second-order valence-electron chi connectivity index (χ2n) is 5.16. The van der Waals surface area contributed by atoms with Crippen LogP contribution in [0.4, 0.5) is 5.69 Å². The van der Waals surface area contributed by atoms with Gasteiger partial charge in [0, 0.05) is 12.2 Å². The van der Waals surface area contributed by atoms with Crippen molar-refractivity contribution in [2.45, 2.75) is 26.3 Å². The van der Waals surface area contributed by atoms with E-state index >= 15 is 0 Å². The van der Waals surface area contributed by atoms with Crippen LogP contribution in [0.5, 0.6) is 0 Å². The van der Waals surface area contributed by atoms with Gasteiger partial charge in [-0.25, -0.2) is 0 Å². The van der Waals surface area contributed by atoms with Gasteiger partial charge < -0.3 is 4.90 Å². The van der Waals surface area contributed by atoms with E-state index in [9.17, 15) is 0 Å². The van der Waals surface area contributed by atoms with Crippen LogP contribution in [0.1, 0.15) is 29.7 Å². The van der Waals surface area contributed by atoms with Crippen LogP contribution in [0.3, 0.4) is 0 Å². The Kier molecular flexibility index (Phi) is 2.83. The molecule has 1 unspecified atom stereocenters. The summed E-state index contributed by atoms with van der Waals surface area (Å²) in [7, 11) is 0. The fraction of sp³-hybridized carbons (Fsp3) is 0.294. The van der Waals surface area contributed by atoms with Crippen LogP contribution in [-0.4, -0.2) is 6.54 Å². The number of benzene rings is 2. The number of hydrogen-bond donors (Lipinski definition) is 0. The van der Waals surface area contributed by atoms with Crippen molar-refractivity contribution in [2.75, 3.05) is 11.4 Å². The molecule has 0 fully saturated rings. The van der Waals surface area contributed by atoms with Crippen molar-refractivity contribution in [3.63, 3.8) is 0 Å². The third kappa shape index (κ3) is 1.90. The van der Waals surface area contributed by atoms with Crippen LogP contribution >= 0.6 is 0 Å². The molecule has 0 aromatic heterocycles. The number of nitrogens with zero attached hydrogens (tertiary/aromatic N) is 1. The van der Waals surface area contributed by atoms with Crippen LogP contribution in [0.25, 0.3) is 0 Å². The van der Waals surface area contributed by atoms with E-state index in [2.05, 4.69) is 67.3 Å². The van der Waals surface area contributed by atoms with Crippen molar-refractivity contribution in [3.05, 3.63) is 65.2 Å². The molecule has 0 bridgehead atoms. The van der Waals surface area contributed by atoms with E-state index in [1.165, 1.54) is 22.4 Å². The molecule has 3 rings (SSSR count). The zero-order valence-corrected chi connectivity index (χ0v) is 11.1. The van der Waals surface area contributed by atoms with Gasteiger partial charge in [-0.15, -0.1) is 0 Å². The maximum atomic E-state index is 2.50. The summed E-state index contributed by atoms with van der Waals surface area (Å²) >= 11 is 0. The van der Waals surface area contributed by atoms with Gasteiger partial charge in [0.05, 0.1) is 6.04 Å². The molecule has 1 aliphatic heterocycles. The second-order valence-corrected chi connectivity index (χ2v) is 5.16. The molecular weight excluding hydrogens is 218 g/mol. The smallest absolute Gasteiger partial charge is 0.0517 e. The first-order valence-corrected chi connectivity index (χ1v) is 6.67. The quantitative estimate of drug-likeness (QED) is 0.721. The van der Waals surface area contributed by atoms with Gasteiger partial charge in [-0.3, -0.25) is 0 Å². The summed E-state index contributed by atoms with van der Waals surface area (Å²) < 4.78 is 0. The van der Waals surface area contributed by atoms with Crippen LogP contribution in [0, 0.1) is 6.92 Å². The van der Waals surface area contributed by atoms with Gasteiger partial charge in [0.25, 0.3) is 0 Å². The molecule has 1 heterocycles. The number of hydrogen-bond acceptors (Lipinski definition) is 1. The normalized spacial score (nSPS) is 18.6. The highest BCUT2D eigenvalue weighted by molar-refractivity contribution is 5.52. The van der Waals surface area contributed by atoms with Crippen molar-refractivity contribution in [1.29, 1.82) is 0 Å². The van der Waals surface area contributed by atoms with Crippen LogP contribution < -0.4 is 4.90 Å². The molecule has 0 saturated carbocycles. The summed E-state index contributed by atoms with van der Waals surface area (Å²) in [5.41, 5.74) is 5.69. The molecule has 0 spiro atoms. The Hall–Kier alpha value is -1.76. The lowest BCUT2D eigenvalue weighted by Gasteiger charge is -2.37. The summed E-state index contributed by atoms with van der Waals surface area (Å²) in [6.45, 7) is 5.60. The first-order valence-electron chi connectivity index (χ1n) is 6.67. The van der Waals surface area contributed by atoms with Gasteiger partial charge in [-0.2, -0.15) is 0 Å². The Morgan fingerprint density at radius 3 is 2.61 bits per heavy atom. The lowest BCUT2D eigenvalue weighted by Crippen LogP contribution is -2.33. The van der Waals surface area contributed by atoms with Crippen LogP contribution in [0.15, 0.2) is 48.5 Å². The maximum Gasteiger partial charge on any atom is 0.0517 e. The summed E-state index contributed by atoms with van der Waals surface area (Å²) in [6.07, 6.45) is 1.15. The zero-order chi connectivity index (χ0) is 12.5. The van der Waals surface area contributed by atoms with Crippen LogP contribution in [0.2, 0.25) is 0 Å². The molecule has 1 atom stereocenters. The molecule has 2 aromatic rings. The lowest BCUT2D eigenvalue weighted by atomic mass is 9.91. The highest BCUT2D eigenvalue weighted by atomic mass is 15.2. The van der Waals surface area contributed by atoms with E-state index in [4.69, 9.17) is 0 Å². The fourth-order valence-corrected chi connectivity index (χ4v) is 2.91. The second kappa shape index (κ2) is 4.49. The number of para-hydroxylation sites is 1. The molecular formula is C17H19N. The summed E-state index contributed by atoms with van der Waals surface area (Å²) in [6, 6.07) is 18.1. The van der Waals surface area contributed by atoms with E-state index < -0.39 is 0 Å². The average Bonchev–Trinajstić information content (AvgIpc) is 2.41. The van der Waals surface area contributed by atoms with Crippen molar-refractivity contribution in [2.24, 2.45) is 0 Å². The maximum absolute atomic E-state index is 2.50. The van der Waals surface area contributed by atoms with E-state index in [1.54, 1.807) is 0 Å². The largest absolute Gasteiger partial charge is 0.364 e. The topological polar surface area (TPSA) is 3.24 Å². The molecule has 1 aliphatic rings. The standard InChI is InChI=1S/C17H19N/c1-13-8-9-15-10-11-18(14(2)17(15)12-13)16-6-4-3-5-7-16/h3-9,12,14H,10-11H2,1-2H3. The SMILES string of the molecule is Cc1ccc2c(c1)C(C)N(c1ccccc1)CC2. The van der Waals surface area contributed by atoms with Crippen LogP contribution in [-0.2, 0) is 6.42 Å². The molecule has 1 nitrogen and oxygen atoms in total. The molecule has 2 aromatic carbocycles. The van der Waals surface area contributed by atoms with Gasteiger partial charge in [0.15, 0.2) is 0 Å². The van der Waals surface area contributed by atoms with Crippen molar-refractivity contribution in [1.82, 2.24) is 0 Å². The molecule has 0 saturated heterocycles. The fourth-order valence-electron chi connectivity index (χ4n) is 2.91. The molecule has 0 N–H and O–H groups in total. The van der Waals surface area contributed by atoms with Crippen molar-refractivity contribution < 1.29 is 0 Å². The Bertz CT molecular complexity index is 545. The number of anilines is 1. The highest BCUT2D eigenvalue weighted by Gasteiger charge is 2.23.